The summed E-state index contributed by atoms with van der Waals surface area (Å²) in [7, 11) is 0. The Balaban J connectivity index is 0.000000980. The maximum atomic E-state index is 10.6. The van der Waals surface area contributed by atoms with Gasteiger partial charge in [0.25, 0.3) is 0 Å². The van der Waals surface area contributed by atoms with Gasteiger partial charge in [0.1, 0.15) is 0 Å². The van der Waals surface area contributed by atoms with Gasteiger partial charge < -0.3 is 18.2 Å². The Kier molecular flexibility index (Phi) is 3.59. The molecule has 3 nitrogen and oxygen atoms in total. The molecule has 1 heterocycles. The molecule has 14 heavy (non-hydrogen) atoms. The molecule has 0 aromatic carbocycles. The summed E-state index contributed by atoms with van der Waals surface area (Å²) in [5, 5.41) is 6.69. The van der Waals surface area contributed by atoms with E-state index >= 15 is 0 Å². The SMILES string of the molecule is [CH-]=CC1=[C-]CCc2c1n[nH]c2C=O.[W+2]. The number of carbonyl (C=O) groups is 1. The number of hydrogen-bond acceptors (Lipinski definition) is 2. The van der Waals surface area contributed by atoms with Crippen molar-refractivity contribution in [2.45, 2.75) is 12.8 Å². The van der Waals surface area contributed by atoms with Crippen molar-refractivity contribution < 1.29 is 25.9 Å². The van der Waals surface area contributed by atoms with Crippen molar-refractivity contribution >= 4 is 11.9 Å². The van der Waals surface area contributed by atoms with Crippen LogP contribution in [0.25, 0.3) is 5.57 Å². The van der Waals surface area contributed by atoms with Crippen LogP contribution in [0.2, 0.25) is 0 Å². The molecule has 1 aliphatic rings. The van der Waals surface area contributed by atoms with Crippen LogP contribution in [0.3, 0.4) is 0 Å². The third-order valence-electron chi connectivity index (χ3n) is 2.13. The molecule has 1 aromatic heterocycles. The molecule has 0 saturated carbocycles. The average molecular weight is 356 g/mol. The van der Waals surface area contributed by atoms with Crippen molar-refractivity contribution in [3.8, 4) is 0 Å². The van der Waals surface area contributed by atoms with Crippen molar-refractivity contribution in [2.75, 3.05) is 0 Å². The monoisotopic (exact) mass is 356 g/mol. The summed E-state index contributed by atoms with van der Waals surface area (Å²) < 4.78 is 0. The van der Waals surface area contributed by atoms with E-state index < -0.39 is 0 Å². The number of nitrogens with one attached hydrogen (secondary N) is 1. The normalized spacial score (nSPS) is 13.6. The Hall–Kier alpha value is -0.952. The standard InChI is InChI=1S/C10H8N2O.W/c1-2-7-4-3-5-8-9(6-13)11-12-10(7)8;/h1-2,6H,3,5H2,(H,11,12);/q-2;+2. The van der Waals surface area contributed by atoms with Gasteiger partial charge in [-0.2, -0.15) is 0 Å². The molecular formula is C10H8N2OW. The Bertz CT molecular complexity index is 393. The quantitative estimate of drug-likeness (QED) is 0.642. The van der Waals surface area contributed by atoms with Crippen LogP contribution >= 0.6 is 0 Å². The van der Waals surface area contributed by atoms with Crippen molar-refractivity contribution in [2.24, 2.45) is 0 Å². The van der Waals surface area contributed by atoms with Gasteiger partial charge in [-0.1, -0.05) is 17.7 Å². The molecule has 0 amide bonds. The van der Waals surface area contributed by atoms with Gasteiger partial charge in [-0.25, -0.2) is 0 Å². The second kappa shape index (κ2) is 4.51. The molecular weight excluding hydrogens is 348 g/mol. The fourth-order valence-electron chi connectivity index (χ4n) is 1.50. The molecule has 0 fully saturated rings. The third kappa shape index (κ3) is 1.64. The fraction of sp³-hybridized carbons (Fsp3) is 0.200. The second-order valence-corrected chi connectivity index (χ2v) is 2.84. The number of nitrogens with zero attached hydrogens (tertiary/aromatic N) is 1. The zero-order chi connectivity index (χ0) is 9.26. The Morgan fingerprint density at radius 3 is 3.00 bits per heavy atom. The number of aldehydes is 1. The van der Waals surface area contributed by atoms with E-state index in [-0.39, 0.29) is 21.1 Å². The molecule has 0 atom stereocenters. The van der Waals surface area contributed by atoms with Crippen molar-refractivity contribution in [1.29, 1.82) is 0 Å². The van der Waals surface area contributed by atoms with Gasteiger partial charge in [0.15, 0.2) is 6.29 Å². The van der Waals surface area contributed by atoms with E-state index in [1.807, 2.05) is 0 Å². The van der Waals surface area contributed by atoms with Crippen LogP contribution in [0.5, 0.6) is 0 Å². The molecule has 1 aliphatic carbocycles. The molecule has 0 unspecified atom stereocenters. The first-order chi connectivity index (χ1) is 6.36. The molecule has 2 rings (SSSR count). The first-order valence-corrected chi connectivity index (χ1v) is 4.05. The van der Waals surface area contributed by atoms with E-state index in [9.17, 15) is 4.79 Å². The zero-order valence-electron chi connectivity index (χ0n) is 7.41. The molecule has 1 aromatic rings. The van der Waals surface area contributed by atoms with Gasteiger partial charge in [0.2, 0.25) is 0 Å². The number of allylic oxidation sites excluding steroid dienone is 3. The van der Waals surface area contributed by atoms with Gasteiger partial charge in [-0.15, -0.1) is 0 Å². The van der Waals surface area contributed by atoms with E-state index in [0.29, 0.717) is 5.69 Å². The predicted molar refractivity (Wildman–Crippen MR) is 47.8 cm³/mol. The van der Waals surface area contributed by atoms with E-state index in [1.165, 1.54) is 6.08 Å². The summed E-state index contributed by atoms with van der Waals surface area (Å²) in [6.07, 6.45) is 6.94. The van der Waals surface area contributed by atoms with Crippen molar-refractivity contribution in [1.82, 2.24) is 10.2 Å². The van der Waals surface area contributed by atoms with Crippen LogP contribution in [0, 0.1) is 12.7 Å². The minimum absolute atomic E-state index is 0. The largest absolute Gasteiger partial charge is 2.00 e. The minimum Gasteiger partial charge on any atom is -0.361 e. The summed E-state index contributed by atoms with van der Waals surface area (Å²) in [4.78, 5) is 10.6. The zero-order valence-corrected chi connectivity index (χ0v) is 10.3. The van der Waals surface area contributed by atoms with Crippen LogP contribution in [0.4, 0.5) is 0 Å². The number of fused-ring (bicyclic) bond motifs is 1. The summed E-state index contributed by atoms with van der Waals surface area (Å²) in [6, 6.07) is 0. The Morgan fingerprint density at radius 2 is 2.36 bits per heavy atom. The molecule has 0 radical (unpaired) electrons. The van der Waals surface area contributed by atoms with Crippen LogP contribution < -0.4 is 0 Å². The number of H-pyrrole nitrogens is 1. The van der Waals surface area contributed by atoms with Gasteiger partial charge in [-0.05, 0) is 6.42 Å². The third-order valence-corrected chi connectivity index (χ3v) is 2.13. The van der Waals surface area contributed by atoms with Crippen LogP contribution in [-0.2, 0) is 27.5 Å². The number of carbonyl (C=O) groups excluding carboxylic acids is 1. The number of aromatic nitrogens is 2. The predicted octanol–water partition coefficient (Wildman–Crippen LogP) is 1.34. The van der Waals surface area contributed by atoms with Crippen molar-refractivity contribution in [3.05, 3.63) is 35.7 Å². The number of aromatic amines is 1. The minimum atomic E-state index is 0. The first-order valence-electron chi connectivity index (χ1n) is 4.05. The molecule has 0 aliphatic heterocycles. The van der Waals surface area contributed by atoms with Gasteiger partial charge in [0, 0.05) is 0 Å². The summed E-state index contributed by atoms with van der Waals surface area (Å²) in [5.41, 5.74) is 3.04. The smallest absolute Gasteiger partial charge is 0.361 e. The van der Waals surface area contributed by atoms with E-state index in [2.05, 4.69) is 16.3 Å². The maximum Gasteiger partial charge on any atom is 2.00 e. The average Bonchev–Trinajstić information content (AvgIpc) is 2.60. The van der Waals surface area contributed by atoms with E-state index in [4.69, 9.17) is 6.58 Å². The van der Waals surface area contributed by atoms with Crippen molar-refractivity contribution in [3.63, 3.8) is 0 Å². The van der Waals surface area contributed by atoms with Crippen LogP contribution in [0.15, 0.2) is 6.08 Å². The first kappa shape index (κ1) is 11.1. The second-order valence-electron chi connectivity index (χ2n) is 2.84. The summed E-state index contributed by atoms with van der Waals surface area (Å²) in [6.45, 7) is 5.40. The topological polar surface area (TPSA) is 45.8 Å². The van der Waals surface area contributed by atoms with Crippen LogP contribution in [-0.4, -0.2) is 16.5 Å². The van der Waals surface area contributed by atoms with Gasteiger partial charge >= 0.3 is 21.1 Å². The Morgan fingerprint density at radius 1 is 1.57 bits per heavy atom. The molecule has 1 N–H and O–H groups in total. The molecule has 4 heteroatoms. The number of hydrogen-bond donors (Lipinski definition) is 1. The van der Waals surface area contributed by atoms with E-state index in [1.54, 1.807) is 0 Å². The molecule has 0 saturated heterocycles. The van der Waals surface area contributed by atoms with E-state index in [0.717, 1.165) is 36.0 Å². The molecule has 70 valence electrons. The summed E-state index contributed by atoms with van der Waals surface area (Å²) >= 11 is 0. The molecule has 0 spiro atoms. The van der Waals surface area contributed by atoms with Crippen LogP contribution in [0.1, 0.15) is 28.2 Å². The molecule has 0 bridgehead atoms. The fourth-order valence-corrected chi connectivity index (χ4v) is 1.50. The Labute approximate surface area is 96.5 Å². The van der Waals surface area contributed by atoms with Gasteiger partial charge in [0.05, 0.1) is 5.69 Å². The summed E-state index contributed by atoms with van der Waals surface area (Å²) in [5.74, 6) is 0. The maximum absolute atomic E-state index is 10.6. The number of rotatable bonds is 2. The van der Waals surface area contributed by atoms with Gasteiger partial charge in [-0.3, -0.25) is 21.1 Å².